The highest BCUT2D eigenvalue weighted by atomic mass is 32.1. The number of rotatable bonds is 8. The van der Waals surface area contributed by atoms with Gasteiger partial charge >= 0.3 is 5.97 Å². The number of carbonyl (C=O) groups excluding carboxylic acids is 2. The van der Waals surface area contributed by atoms with Crippen molar-refractivity contribution >= 4 is 39.1 Å². The molecule has 176 valence electrons. The van der Waals surface area contributed by atoms with Crippen molar-refractivity contribution in [1.82, 2.24) is 19.7 Å². The van der Waals surface area contributed by atoms with E-state index in [0.717, 1.165) is 5.56 Å². The minimum atomic E-state index is -0.488. The number of nitrogens with zero attached hydrogens (tertiary/aromatic N) is 4. The molecule has 1 amide bonds. The summed E-state index contributed by atoms with van der Waals surface area (Å²) < 4.78 is 17.1. The Kier molecular flexibility index (Phi) is 6.85. The van der Waals surface area contributed by atoms with Gasteiger partial charge in [0.25, 0.3) is 5.91 Å². The average Bonchev–Trinajstić information content (AvgIpc) is 3.45. The van der Waals surface area contributed by atoms with E-state index in [4.69, 9.17) is 14.2 Å². The van der Waals surface area contributed by atoms with E-state index in [1.54, 1.807) is 49.2 Å². The number of amides is 1. The Hall–Kier alpha value is -3.83. The molecule has 0 fully saturated rings. The molecule has 0 aliphatic rings. The maximum atomic E-state index is 13.1. The van der Waals surface area contributed by atoms with Gasteiger partial charge in [-0.2, -0.15) is 10.1 Å². The third-order valence-corrected chi connectivity index (χ3v) is 6.10. The van der Waals surface area contributed by atoms with Gasteiger partial charge in [0.15, 0.2) is 11.5 Å². The van der Waals surface area contributed by atoms with Gasteiger partial charge in [0, 0.05) is 19.0 Å². The van der Waals surface area contributed by atoms with Gasteiger partial charge in [-0.1, -0.05) is 6.07 Å². The van der Waals surface area contributed by atoms with E-state index < -0.39 is 5.97 Å². The molecule has 0 aliphatic carbocycles. The molecule has 3 aromatic heterocycles. The zero-order valence-corrected chi connectivity index (χ0v) is 19.9. The maximum absolute atomic E-state index is 13.1. The topological polar surface area (TPSA) is 117 Å². The third-order valence-electron chi connectivity index (χ3n) is 4.92. The molecular formula is C23H23N5O5S. The lowest BCUT2D eigenvalue weighted by Gasteiger charge is -2.08. The van der Waals surface area contributed by atoms with Crippen LogP contribution in [0.2, 0.25) is 0 Å². The van der Waals surface area contributed by atoms with Gasteiger partial charge in [-0.25, -0.2) is 14.5 Å². The Balaban J connectivity index is 1.60. The summed E-state index contributed by atoms with van der Waals surface area (Å²) in [6.07, 6.45) is 1.66. The van der Waals surface area contributed by atoms with E-state index in [0.29, 0.717) is 38.2 Å². The third kappa shape index (κ3) is 4.61. The molecule has 4 aromatic rings. The summed E-state index contributed by atoms with van der Waals surface area (Å²) in [6.45, 7) is 4.09. The standard InChI is InChI=1S/C23H23N5O5S/c1-5-33-23(30)16-9-10-28(27-16)15-8-6-7-14(11-15)24-20(29)19-13(2)18-21(32-4)25-17(12-31-3)26-22(18)34-19/h6-11H,5,12H2,1-4H3,(H,24,29). The molecule has 0 spiro atoms. The zero-order valence-electron chi connectivity index (χ0n) is 19.1. The predicted molar refractivity (Wildman–Crippen MR) is 127 cm³/mol. The predicted octanol–water partition coefficient (Wildman–Crippen LogP) is 3.77. The van der Waals surface area contributed by atoms with Crippen molar-refractivity contribution in [3.05, 3.63) is 58.5 Å². The largest absolute Gasteiger partial charge is 0.480 e. The van der Waals surface area contributed by atoms with Crippen LogP contribution in [0.1, 0.15) is 38.5 Å². The number of hydrogen-bond donors (Lipinski definition) is 1. The number of carbonyl (C=O) groups is 2. The van der Waals surface area contributed by atoms with Crippen LogP contribution in [0.5, 0.6) is 5.88 Å². The Morgan fingerprint density at radius 1 is 1.18 bits per heavy atom. The summed E-state index contributed by atoms with van der Waals surface area (Å²) in [5.41, 5.74) is 2.20. The quantitative estimate of drug-likeness (QED) is 0.378. The van der Waals surface area contributed by atoms with E-state index in [9.17, 15) is 9.59 Å². The summed E-state index contributed by atoms with van der Waals surface area (Å²) in [4.78, 5) is 35.0. The van der Waals surface area contributed by atoms with Gasteiger partial charge in [0.1, 0.15) is 11.4 Å². The summed E-state index contributed by atoms with van der Waals surface area (Å²) in [6, 6.07) is 8.73. The van der Waals surface area contributed by atoms with E-state index in [1.165, 1.54) is 18.4 Å². The normalized spacial score (nSPS) is 10.9. The van der Waals surface area contributed by atoms with Gasteiger partial charge in [0.2, 0.25) is 5.88 Å². The van der Waals surface area contributed by atoms with E-state index >= 15 is 0 Å². The fourth-order valence-electron chi connectivity index (χ4n) is 3.40. The van der Waals surface area contributed by atoms with Crippen LogP contribution in [-0.4, -0.2) is 52.5 Å². The highest BCUT2D eigenvalue weighted by molar-refractivity contribution is 7.20. The van der Waals surface area contributed by atoms with Crippen molar-refractivity contribution in [2.24, 2.45) is 0 Å². The Morgan fingerprint density at radius 3 is 2.74 bits per heavy atom. The summed E-state index contributed by atoms with van der Waals surface area (Å²) >= 11 is 1.26. The van der Waals surface area contributed by atoms with Crippen LogP contribution in [0.25, 0.3) is 15.9 Å². The number of ether oxygens (including phenoxy) is 3. The summed E-state index contributed by atoms with van der Waals surface area (Å²) in [7, 11) is 3.09. The number of benzene rings is 1. The number of hydrogen-bond acceptors (Lipinski definition) is 9. The van der Waals surface area contributed by atoms with Gasteiger partial charge in [0.05, 0.1) is 29.7 Å². The molecular weight excluding hydrogens is 458 g/mol. The SMILES string of the molecule is CCOC(=O)c1ccn(-c2cccc(NC(=O)c3sc4nc(COC)nc(OC)c4c3C)c2)n1. The highest BCUT2D eigenvalue weighted by Gasteiger charge is 2.21. The molecule has 1 aromatic carbocycles. The average molecular weight is 482 g/mol. The number of methoxy groups -OCH3 is 2. The zero-order chi connectivity index (χ0) is 24.2. The van der Waals surface area contributed by atoms with Crippen molar-refractivity contribution in [2.45, 2.75) is 20.5 Å². The van der Waals surface area contributed by atoms with E-state index in [-0.39, 0.29) is 24.8 Å². The Labute approximate surface area is 199 Å². The van der Waals surface area contributed by atoms with Crippen molar-refractivity contribution in [3.63, 3.8) is 0 Å². The number of fused-ring (bicyclic) bond motifs is 1. The van der Waals surface area contributed by atoms with Crippen LogP contribution in [-0.2, 0) is 16.1 Å². The first-order valence-electron chi connectivity index (χ1n) is 10.4. The molecule has 0 unspecified atom stereocenters. The van der Waals surface area contributed by atoms with Crippen molar-refractivity contribution in [2.75, 3.05) is 26.1 Å². The monoisotopic (exact) mass is 481 g/mol. The summed E-state index contributed by atoms with van der Waals surface area (Å²) in [5.74, 6) is 0.121. The summed E-state index contributed by atoms with van der Waals surface area (Å²) in [5, 5.41) is 7.88. The van der Waals surface area contributed by atoms with Gasteiger partial charge in [-0.15, -0.1) is 11.3 Å². The molecule has 4 rings (SSSR count). The second kappa shape index (κ2) is 9.98. The van der Waals surface area contributed by atoms with Crippen LogP contribution in [0.3, 0.4) is 0 Å². The molecule has 0 saturated heterocycles. The van der Waals surface area contributed by atoms with Crippen molar-refractivity contribution in [1.29, 1.82) is 0 Å². The molecule has 0 aliphatic heterocycles. The Bertz CT molecular complexity index is 1360. The van der Waals surface area contributed by atoms with Gasteiger partial charge in [-0.05, 0) is 43.7 Å². The Morgan fingerprint density at radius 2 is 2.00 bits per heavy atom. The number of anilines is 1. The number of nitrogens with one attached hydrogen (secondary N) is 1. The van der Waals surface area contributed by atoms with Crippen molar-refractivity contribution in [3.8, 4) is 11.6 Å². The lowest BCUT2D eigenvalue weighted by molar-refractivity contribution is 0.0519. The molecule has 0 saturated carbocycles. The minimum Gasteiger partial charge on any atom is -0.480 e. The highest BCUT2D eigenvalue weighted by Crippen LogP contribution is 2.35. The lowest BCUT2D eigenvalue weighted by atomic mass is 10.2. The van der Waals surface area contributed by atoms with Crippen LogP contribution >= 0.6 is 11.3 Å². The van der Waals surface area contributed by atoms with Crippen LogP contribution in [0.15, 0.2) is 36.5 Å². The van der Waals surface area contributed by atoms with E-state index in [2.05, 4.69) is 20.4 Å². The van der Waals surface area contributed by atoms with Crippen LogP contribution < -0.4 is 10.1 Å². The maximum Gasteiger partial charge on any atom is 0.358 e. The minimum absolute atomic E-state index is 0.208. The molecule has 0 bridgehead atoms. The molecule has 34 heavy (non-hydrogen) atoms. The molecule has 0 atom stereocenters. The first-order valence-corrected chi connectivity index (χ1v) is 11.2. The molecule has 1 N–H and O–H groups in total. The number of aromatic nitrogens is 4. The number of aryl methyl sites for hydroxylation is 1. The molecule has 3 heterocycles. The van der Waals surface area contributed by atoms with Gasteiger partial charge in [-0.3, -0.25) is 4.79 Å². The molecule has 10 nitrogen and oxygen atoms in total. The first-order chi connectivity index (χ1) is 16.4. The molecule has 11 heteroatoms. The number of thiophene rings is 1. The van der Waals surface area contributed by atoms with Crippen LogP contribution in [0.4, 0.5) is 5.69 Å². The molecule has 0 radical (unpaired) electrons. The lowest BCUT2D eigenvalue weighted by Crippen LogP contribution is -2.12. The van der Waals surface area contributed by atoms with E-state index in [1.807, 2.05) is 13.0 Å². The fraction of sp³-hybridized carbons (Fsp3) is 0.261. The fourth-order valence-corrected chi connectivity index (χ4v) is 4.48. The van der Waals surface area contributed by atoms with Gasteiger partial charge < -0.3 is 19.5 Å². The first kappa shape index (κ1) is 23.3. The van der Waals surface area contributed by atoms with Crippen LogP contribution in [0, 0.1) is 6.92 Å². The smallest absolute Gasteiger partial charge is 0.358 e. The second-order valence-electron chi connectivity index (χ2n) is 7.19. The second-order valence-corrected chi connectivity index (χ2v) is 8.19. The van der Waals surface area contributed by atoms with Crippen molar-refractivity contribution < 1.29 is 23.8 Å². The number of esters is 1.